The van der Waals surface area contributed by atoms with Gasteiger partial charge in [0.25, 0.3) is 0 Å². The van der Waals surface area contributed by atoms with Gasteiger partial charge in [-0.15, -0.1) is 0 Å². The van der Waals surface area contributed by atoms with Crippen LogP contribution in [-0.2, 0) is 9.59 Å². The van der Waals surface area contributed by atoms with Crippen molar-refractivity contribution in [1.29, 1.82) is 0 Å². The van der Waals surface area contributed by atoms with Crippen LogP contribution in [0.25, 0.3) is 0 Å². The largest absolute Gasteiger partial charge is 0.390 e. The minimum Gasteiger partial charge on any atom is -0.390 e. The van der Waals surface area contributed by atoms with Crippen LogP contribution in [0, 0.1) is 0 Å². The van der Waals surface area contributed by atoms with Crippen LogP contribution in [0.3, 0.4) is 0 Å². The highest BCUT2D eigenvalue weighted by Crippen LogP contribution is 2.06. The topological polar surface area (TPSA) is 57.6 Å². The number of aliphatic hydroxyl groups is 1. The summed E-state index contributed by atoms with van der Waals surface area (Å²) in [6, 6.07) is 0. The molecule has 0 aromatic heterocycles. The molecular formula is C7H9NO3. The molecule has 0 spiro atoms. The summed E-state index contributed by atoms with van der Waals surface area (Å²) in [6.07, 6.45) is 1.17. The number of hydrogen-bond acceptors (Lipinski definition) is 4. The molecule has 11 heavy (non-hydrogen) atoms. The lowest BCUT2D eigenvalue weighted by molar-refractivity contribution is -0.135. The molecule has 60 valence electrons. The number of ketones is 2. The third-order valence-corrected chi connectivity index (χ3v) is 1.61. The first-order valence-electron chi connectivity index (χ1n) is 3.25. The first-order valence-corrected chi connectivity index (χ1v) is 3.25. The van der Waals surface area contributed by atoms with Gasteiger partial charge < -0.3 is 10.0 Å². The number of aliphatic hydroxyl groups excluding tert-OH is 1. The highest BCUT2D eigenvalue weighted by Gasteiger charge is 2.21. The number of Topliss-reactive ketones (excluding diaryl/α,β-unsaturated/α-hetero) is 1. The van der Waals surface area contributed by atoms with Gasteiger partial charge in [-0.2, -0.15) is 0 Å². The average molecular weight is 155 g/mol. The van der Waals surface area contributed by atoms with Crippen LogP contribution < -0.4 is 0 Å². The van der Waals surface area contributed by atoms with Gasteiger partial charge in [0.2, 0.25) is 11.6 Å². The van der Waals surface area contributed by atoms with Crippen molar-refractivity contribution in [2.75, 3.05) is 20.2 Å². The molecule has 0 aliphatic carbocycles. The number of nitrogens with zero attached hydrogens (tertiary/aromatic N) is 1. The van der Waals surface area contributed by atoms with E-state index >= 15 is 0 Å². The standard InChI is InChI=1S/C7H9NO3/c1-8-3-7(11)6(10)2-5(8)4-9/h2,9H,3-4H2,1H3. The third-order valence-electron chi connectivity index (χ3n) is 1.61. The van der Waals surface area contributed by atoms with Crippen molar-refractivity contribution in [2.45, 2.75) is 0 Å². The summed E-state index contributed by atoms with van der Waals surface area (Å²) in [4.78, 5) is 23.1. The number of carbonyl (C=O) groups is 2. The van der Waals surface area contributed by atoms with E-state index < -0.39 is 11.6 Å². The lowest BCUT2D eigenvalue weighted by Gasteiger charge is -2.22. The quantitative estimate of drug-likeness (QED) is 0.491. The molecule has 1 rings (SSSR count). The minimum absolute atomic E-state index is 0.0746. The van der Waals surface area contributed by atoms with E-state index in [9.17, 15) is 9.59 Å². The van der Waals surface area contributed by atoms with Gasteiger partial charge in [-0.1, -0.05) is 0 Å². The summed E-state index contributed by atoms with van der Waals surface area (Å²) < 4.78 is 0. The smallest absolute Gasteiger partial charge is 0.225 e. The molecule has 0 aromatic carbocycles. The lowest BCUT2D eigenvalue weighted by Crippen LogP contribution is -2.35. The highest BCUT2D eigenvalue weighted by atomic mass is 16.3. The molecule has 4 heteroatoms. The summed E-state index contributed by atoms with van der Waals surface area (Å²) >= 11 is 0. The Morgan fingerprint density at radius 1 is 1.64 bits per heavy atom. The first kappa shape index (κ1) is 7.94. The lowest BCUT2D eigenvalue weighted by atomic mass is 10.1. The fraction of sp³-hybridized carbons (Fsp3) is 0.429. The van der Waals surface area contributed by atoms with E-state index in [-0.39, 0.29) is 13.2 Å². The Bertz CT molecular complexity index is 232. The first-order chi connectivity index (χ1) is 5.15. The van der Waals surface area contributed by atoms with E-state index in [0.717, 1.165) is 0 Å². The van der Waals surface area contributed by atoms with E-state index in [1.165, 1.54) is 6.08 Å². The van der Waals surface area contributed by atoms with Gasteiger partial charge >= 0.3 is 0 Å². The Hall–Kier alpha value is -1.16. The SMILES string of the molecule is CN1CC(=O)C(=O)C=C1CO. The Labute approximate surface area is 64.1 Å². The van der Waals surface area contributed by atoms with Crippen LogP contribution in [0.4, 0.5) is 0 Å². The molecular weight excluding hydrogens is 146 g/mol. The normalized spacial score (nSPS) is 18.7. The molecule has 0 saturated carbocycles. The van der Waals surface area contributed by atoms with Crippen LogP contribution in [0.5, 0.6) is 0 Å². The molecule has 1 aliphatic heterocycles. The summed E-state index contributed by atoms with van der Waals surface area (Å²) in [7, 11) is 1.66. The van der Waals surface area contributed by atoms with Crippen molar-refractivity contribution in [1.82, 2.24) is 4.90 Å². The molecule has 0 atom stereocenters. The zero-order chi connectivity index (χ0) is 8.43. The van der Waals surface area contributed by atoms with Crippen molar-refractivity contribution in [2.24, 2.45) is 0 Å². The monoisotopic (exact) mass is 155 g/mol. The van der Waals surface area contributed by atoms with E-state index in [1.54, 1.807) is 11.9 Å². The summed E-state index contributed by atoms with van der Waals surface area (Å²) in [5.41, 5.74) is 0.495. The summed E-state index contributed by atoms with van der Waals surface area (Å²) in [5.74, 6) is -0.947. The van der Waals surface area contributed by atoms with E-state index in [4.69, 9.17) is 5.11 Å². The Morgan fingerprint density at radius 2 is 2.27 bits per heavy atom. The van der Waals surface area contributed by atoms with Crippen molar-refractivity contribution >= 4 is 11.6 Å². The van der Waals surface area contributed by atoms with Gasteiger partial charge in [0.05, 0.1) is 13.2 Å². The van der Waals surface area contributed by atoms with Gasteiger partial charge in [-0.3, -0.25) is 9.59 Å². The average Bonchev–Trinajstić information content (AvgIpc) is 1.97. The number of likely N-dealkylation sites (N-methyl/N-ethyl adjacent to an activating group) is 1. The second kappa shape index (κ2) is 2.84. The van der Waals surface area contributed by atoms with Crippen molar-refractivity contribution in [3.05, 3.63) is 11.8 Å². The van der Waals surface area contributed by atoms with Crippen LogP contribution >= 0.6 is 0 Å². The molecule has 0 radical (unpaired) electrons. The maximum Gasteiger partial charge on any atom is 0.225 e. The number of hydrogen-bond donors (Lipinski definition) is 1. The fourth-order valence-electron chi connectivity index (χ4n) is 0.903. The Balaban J connectivity index is 2.87. The van der Waals surface area contributed by atoms with Crippen LogP contribution in [0.2, 0.25) is 0 Å². The van der Waals surface area contributed by atoms with Gasteiger partial charge in [-0.05, 0) is 0 Å². The number of carbonyl (C=O) groups excluding carboxylic acids is 2. The second-order valence-electron chi connectivity index (χ2n) is 2.44. The van der Waals surface area contributed by atoms with Crippen molar-refractivity contribution in [3.8, 4) is 0 Å². The van der Waals surface area contributed by atoms with Gasteiger partial charge in [0, 0.05) is 18.8 Å². The molecule has 1 aliphatic rings. The van der Waals surface area contributed by atoms with Crippen LogP contribution in [0.1, 0.15) is 0 Å². The maximum atomic E-state index is 10.7. The second-order valence-corrected chi connectivity index (χ2v) is 2.44. The van der Waals surface area contributed by atoms with Gasteiger partial charge in [0.1, 0.15) is 0 Å². The molecule has 1 heterocycles. The van der Waals surface area contributed by atoms with E-state index in [2.05, 4.69) is 0 Å². The van der Waals surface area contributed by atoms with Gasteiger partial charge in [0.15, 0.2) is 0 Å². The maximum absolute atomic E-state index is 10.7. The molecule has 0 bridgehead atoms. The van der Waals surface area contributed by atoms with E-state index in [0.29, 0.717) is 5.70 Å². The predicted octanol–water partition coefficient (Wildman–Crippen LogP) is -1.05. The van der Waals surface area contributed by atoms with Crippen LogP contribution in [-0.4, -0.2) is 41.8 Å². The van der Waals surface area contributed by atoms with E-state index in [1.807, 2.05) is 0 Å². The Kier molecular flexibility index (Phi) is 2.05. The minimum atomic E-state index is -0.521. The summed E-state index contributed by atoms with van der Waals surface area (Å²) in [5, 5.41) is 8.69. The predicted molar refractivity (Wildman–Crippen MR) is 37.8 cm³/mol. The number of allylic oxidation sites excluding steroid dienone is 1. The highest BCUT2D eigenvalue weighted by molar-refractivity contribution is 6.43. The summed E-state index contributed by atoms with van der Waals surface area (Å²) in [6.45, 7) is -0.124. The molecule has 0 fully saturated rings. The molecule has 0 saturated heterocycles. The number of rotatable bonds is 1. The molecule has 0 aromatic rings. The van der Waals surface area contributed by atoms with Crippen molar-refractivity contribution < 1.29 is 14.7 Å². The molecule has 4 nitrogen and oxygen atoms in total. The molecule has 1 N–H and O–H groups in total. The third kappa shape index (κ3) is 1.46. The van der Waals surface area contributed by atoms with Crippen molar-refractivity contribution in [3.63, 3.8) is 0 Å². The zero-order valence-electron chi connectivity index (χ0n) is 6.20. The molecule has 0 amide bonds. The van der Waals surface area contributed by atoms with Gasteiger partial charge in [-0.25, -0.2) is 0 Å². The zero-order valence-corrected chi connectivity index (χ0v) is 6.20. The van der Waals surface area contributed by atoms with Crippen LogP contribution in [0.15, 0.2) is 11.8 Å². The fourth-order valence-corrected chi connectivity index (χ4v) is 0.903. The molecule has 0 unspecified atom stereocenters. The Morgan fingerprint density at radius 3 is 2.82 bits per heavy atom.